The Hall–Kier alpha value is -1.17. The van der Waals surface area contributed by atoms with Crippen LogP contribution in [0, 0.1) is 6.92 Å². The van der Waals surface area contributed by atoms with Crippen LogP contribution in [0.15, 0.2) is 21.9 Å². The van der Waals surface area contributed by atoms with Crippen LogP contribution < -0.4 is 11.1 Å². The highest BCUT2D eigenvalue weighted by molar-refractivity contribution is 7.09. The van der Waals surface area contributed by atoms with E-state index >= 15 is 0 Å². The van der Waals surface area contributed by atoms with E-state index in [2.05, 4.69) is 15.7 Å². The van der Waals surface area contributed by atoms with E-state index in [0.717, 1.165) is 41.7 Å². The number of nitrogens with zero attached hydrogens (tertiary/aromatic N) is 1. The van der Waals surface area contributed by atoms with Crippen molar-refractivity contribution < 1.29 is 4.42 Å². The number of rotatable bonds is 6. The van der Waals surface area contributed by atoms with Gasteiger partial charge in [-0.1, -0.05) is 0 Å². The number of nitrogens with one attached hydrogen (secondary N) is 1. The normalized spacial score (nSPS) is 10.9. The van der Waals surface area contributed by atoms with Crippen LogP contribution in [-0.4, -0.2) is 11.5 Å². The van der Waals surface area contributed by atoms with Crippen LogP contribution >= 0.6 is 11.3 Å². The molecule has 2 heterocycles. The van der Waals surface area contributed by atoms with Crippen molar-refractivity contribution in [2.45, 2.75) is 26.4 Å². The summed E-state index contributed by atoms with van der Waals surface area (Å²) in [5, 5.41) is 6.56. The Morgan fingerprint density at radius 1 is 1.41 bits per heavy atom. The average Bonchev–Trinajstić information content (AvgIpc) is 2.93. The van der Waals surface area contributed by atoms with Gasteiger partial charge in [-0.3, -0.25) is 0 Å². The SMILES string of the molecule is Cc1nc(CCNCc2ccc(CN)o2)cs1. The maximum absolute atomic E-state index is 5.49. The van der Waals surface area contributed by atoms with Gasteiger partial charge in [-0.25, -0.2) is 4.98 Å². The summed E-state index contributed by atoms with van der Waals surface area (Å²) in [6, 6.07) is 3.88. The molecule has 0 unspecified atom stereocenters. The summed E-state index contributed by atoms with van der Waals surface area (Å²) in [4.78, 5) is 4.41. The summed E-state index contributed by atoms with van der Waals surface area (Å²) in [6.45, 7) is 4.13. The lowest BCUT2D eigenvalue weighted by atomic mass is 10.3. The van der Waals surface area contributed by atoms with Gasteiger partial charge in [-0.2, -0.15) is 0 Å². The van der Waals surface area contributed by atoms with E-state index in [-0.39, 0.29) is 0 Å². The Labute approximate surface area is 105 Å². The van der Waals surface area contributed by atoms with Gasteiger partial charge >= 0.3 is 0 Å². The van der Waals surface area contributed by atoms with Gasteiger partial charge in [0.2, 0.25) is 0 Å². The molecule has 4 nitrogen and oxygen atoms in total. The van der Waals surface area contributed by atoms with Crippen molar-refractivity contribution in [1.29, 1.82) is 0 Å². The molecule has 0 aliphatic heterocycles. The molecule has 0 amide bonds. The topological polar surface area (TPSA) is 64.1 Å². The summed E-state index contributed by atoms with van der Waals surface area (Å²) in [7, 11) is 0. The number of thiazole rings is 1. The molecule has 0 radical (unpaired) electrons. The second-order valence-electron chi connectivity index (χ2n) is 3.86. The first-order valence-electron chi connectivity index (χ1n) is 5.67. The number of furan rings is 1. The highest BCUT2D eigenvalue weighted by Crippen LogP contribution is 2.08. The van der Waals surface area contributed by atoms with Gasteiger partial charge in [0.25, 0.3) is 0 Å². The van der Waals surface area contributed by atoms with E-state index in [1.165, 1.54) is 0 Å². The quantitative estimate of drug-likeness (QED) is 0.769. The molecule has 2 aromatic rings. The smallest absolute Gasteiger partial charge is 0.118 e. The van der Waals surface area contributed by atoms with E-state index in [9.17, 15) is 0 Å². The molecule has 17 heavy (non-hydrogen) atoms. The molecule has 0 fully saturated rings. The molecule has 0 saturated carbocycles. The lowest BCUT2D eigenvalue weighted by molar-refractivity contribution is 0.449. The molecule has 0 aliphatic rings. The Bertz CT molecular complexity index is 464. The molecule has 0 aromatic carbocycles. The van der Waals surface area contributed by atoms with Crippen LogP contribution in [0.25, 0.3) is 0 Å². The van der Waals surface area contributed by atoms with Gasteiger partial charge in [0.15, 0.2) is 0 Å². The van der Waals surface area contributed by atoms with Crippen molar-refractivity contribution in [3.05, 3.63) is 39.7 Å². The molecule has 0 spiro atoms. The average molecular weight is 251 g/mol. The number of nitrogens with two attached hydrogens (primary N) is 1. The minimum atomic E-state index is 0.456. The van der Waals surface area contributed by atoms with Crippen LogP contribution in [0.5, 0.6) is 0 Å². The largest absolute Gasteiger partial charge is 0.463 e. The predicted octanol–water partition coefficient (Wildman–Crippen LogP) is 1.84. The van der Waals surface area contributed by atoms with Crippen molar-refractivity contribution in [3.8, 4) is 0 Å². The number of hydrogen-bond acceptors (Lipinski definition) is 5. The van der Waals surface area contributed by atoms with Gasteiger partial charge in [-0.05, 0) is 19.1 Å². The molecule has 92 valence electrons. The molecule has 2 rings (SSSR count). The Morgan fingerprint density at radius 2 is 2.24 bits per heavy atom. The number of aromatic nitrogens is 1. The van der Waals surface area contributed by atoms with Crippen LogP contribution in [0.4, 0.5) is 0 Å². The zero-order chi connectivity index (χ0) is 12.1. The summed E-state index contributed by atoms with van der Waals surface area (Å²) in [5.41, 5.74) is 6.63. The van der Waals surface area contributed by atoms with E-state index in [0.29, 0.717) is 6.54 Å². The zero-order valence-corrected chi connectivity index (χ0v) is 10.7. The fraction of sp³-hybridized carbons (Fsp3) is 0.417. The monoisotopic (exact) mass is 251 g/mol. The maximum atomic E-state index is 5.49. The molecule has 0 saturated heterocycles. The van der Waals surface area contributed by atoms with Crippen molar-refractivity contribution in [1.82, 2.24) is 10.3 Å². The van der Waals surface area contributed by atoms with Crippen LogP contribution in [0.1, 0.15) is 22.2 Å². The molecule has 5 heteroatoms. The Morgan fingerprint density at radius 3 is 2.88 bits per heavy atom. The third kappa shape index (κ3) is 3.66. The van der Waals surface area contributed by atoms with Gasteiger partial charge in [-0.15, -0.1) is 11.3 Å². The second kappa shape index (κ2) is 5.95. The van der Waals surface area contributed by atoms with Crippen LogP contribution in [0.3, 0.4) is 0 Å². The van der Waals surface area contributed by atoms with E-state index in [4.69, 9.17) is 10.2 Å². The van der Waals surface area contributed by atoms with Crippen molar-refractivity contribution >= 4 is 11.3 Å². The highest BCUT2D eigenvalue weighted by atomic mass is 32.1. The summed E-state index contributed by atoms with van der Waals surface area (Å²) >= 11 is 1.69. The van der Waals surface area contributed by atoms with Gasteiger partial charge in [0.1, 0.15) is 11.5 Å². The molecular weight excluding hydrogens is 234 g/mol. The Kier molecular flexibility index (Phi) is 4.30. The van der Waals surface area contributed by atoms with Gasteiger partial charge in [0, 0.05) is 18.3 Å². The van der Waals surface area contributed by atoms with Crippen molar-refractivity contribution in [2.75, 3.05) is 6.54 Å². The van der Waals surface area contributed by atoms with E-state index < -0.39 is 0 Å². The van der Waals surface area contributed by atoms with Crippen molar-refractivity contribution in [3.63, 3.8) is 0 Å². The summed E-state index contributed by atoms with van der Waals surface area (Å²) in [6.07, 6.45) is 0.953. The van der Waals surface area contributed by atoms with Crippen molar-refractivity contribution in [2.24, 2.45) is 5.73 Å². The lowest BCUT2D eigenvalue weighted by Gasteiger charge is -2.00. The van der Waals surface area contributed by atoms with E-state index in [1.807, 2.05) is 19.1 Å². The molecule has 3 N–H and O–H groups in total. The zero-order valence-electron chi connectivity index (χ0n) is 9.90. The molecule has 0 atom stereocenters. The first-order chi connectivity index (χ1) is 8.28. The van der Waals surface area contributed by atoms with E-state index in [1.54, 1.807) is 11.3 Å². The number of aryl methyl sites for hydroxylation is 1. The molecular formula is C12H17N3OS. The fourth-order valence-electron chi connectivity index (χ4n) is 1.58. The second-order valence-corrected chi connectivity index (χ2v) is 4.92. The lowest BCUT2D eigenvalue weighted by Crippen LogP contribution is -2.16. The number of hydrogen-bond donors (Lipinski definition) is 2. The van der Waals surface area contributed by atoms with Gasteiger partial charge in [0.05, 0.1) is 23.8 Å². The first kappa shape index (κ1) is 12.3. The minimum absolute atomic E-state index is 0.456. The standard InChI is InChI=1S/C12H17N3OS/c1-9-15-10(8-17-9)4-5-14-7-12-3-2-11(6-13)16-12/h2-3,8,14H,4-7,13H2,1H3. The fourth-order valence-corrected chi connectivity index (χ4v) is 2.23. The summed E-state index contributed by atoms with van der Waals surface area (Å²) < 4.78 is 5.49. The highest BCUT2D eigenvalue weighted by Gasteiger charge is 2.01. The molecule has 0 aliphatic carbocycles. The van der Waals surface area contributed by atoms with Crippen LogP contribution in [0.2, 0.25) is 0 Å². The third-order valence-electron chi connectivity index (χ3n) is 2.44. The minimum Gasteiger partial charge on any atom is -0.463 e. The molecule has 2 aromatic heterocycles. The Balaban J connectivity index is 1.69. The maximum Gasteiger partial charge on any atom is 0.118 e. The van der Waals surface area contributed by atoms with Gasteiger partial charge < -0.3 is 15.5 Å². The third-order valence-corrected chi connectivity index (χ3v) is 3.26. The van der Waals surface area contributed by atoms with Crippen LogP contribution in [-0.2, 0) is 19.5 Å². The summed E-state index contributed by atoms with van der Waals surface area (Å²) in [5.74, 6) is 1.76. The molecule has 0 bridgehead atoms. The first-order valence-corrected chi connectivity index (χ1v) is 6.55. The predicted molar refractivity (Wildman–Crippen MR) is 68.9 cm³/mol.